The third kappa shape index (κ3) is 2.47. The summed E-state index contributed by atoms with van der Waals surface area (Å²) >= 11 is 5.49. The maximum Gasteiger partial charge on any atom is 0.418 e. The highest BCUT2D eigenvalue weighted by molar-refractivity contribution is 6.32. The van der Waals surface area contributed by atoms with Gasteiger partial charge in [-0.25, -0.2) is 0 Å². The summed E-state index contributed by atoms with van der Waals surface area (Å²) in [5.74, 6) is -0.601. The Morgan fingerprint density at radius 2 is 1.94 bits per heavy atom. The van der Waals surface area contributed by atoms with Gasteiger partial charge in [-0.2, -0.15) is 13.2 Å². The van der Waals surface area contributed by atoms with Crippen LogP contribution in [0.25, 0.3) is 0 Å². The molecule has 0 heterocycles. The fraction of sp³-hybridized carbons (Fsp3) is 0.300. The smallest absolute Gasteiger partial charge is 0.418 e. The maximum absolute atomic E-state index is 12.6. The summed E-state index contributed by atoms with van der Waals surface area (Å²) in [7, 11) is 1.28. The van der Waals surface area contributed by atoms with Crippen molar-refractivity contribution < 1.29 is 22.7 Å². The van der Waals surface area contributed by atoms with Crippen LogP contribution in [0.4, 0.5) is 13.2 Å². The first-order chi connectivity index (χ1) is 7.27. The van der Waals surface area contributed by atoms with Crippen LogP contribution in [0.2, 0.25) is 5.02 Å². The molecule has 0 aliphatic carbocycles. The van der Waals surface area contributed by atoms with E-state index in [0.717, 1.165) is 19.1 Å². The molecule has 88 valence electrons. The van der Waals surface area contributed by atoms with Gasteiger partial charge in [-0.05, 0) is 19.1 Å². The summed E-state index contributed by atoms with van der Waals surface area (Å²) in [6, 6.07) is 2.05. The van der Waals surface area contributed by atoms with Crippen molar-refractivity contribution in [1.29, 1.82) is 0 Å². The van der Waals surface area contributed by atoms with Gasteiger partial charge in [-0.3, -0.25) is 4.79 Å². The molecule has 0 atom stereocenters. The molecule has 0 radical (unpaired) electrons. The molecule has 0 amide bonds. The monoisotopic (exact) mass is 252 g/mol. The molecule has 0 unspecified atom stereocenters. The first-order valence-corrected chi connectivity index (χ1v) is 4.61. The SMILES string of the molecule is COc1cc(Cl)c(C(F)(F)F)c(C(C)=O)c1. The summed E-state index contributed by atoms with van der Waals surface area (Å²) in [5.41, 5.74) is -1.61. The van der Waals surface area contributed by atoms with Gasteiger partial charge in [-0.15, -0.1) is 0 Å². The fourth-order valence-corrected chi connectivity index (χ4v) is 1.58. The lowest BCUT2D eigenvalue weighted by Gasteiger charge is -2.14. The van der Waals surface area contributed by atoms with Crippen LogP contribution >= 0.6 is 11.6 Å². The van der Waals surface area contributed by atoms with Gasteiger partial charge in [0.05, 0.1) is 17.7 Å². The zero-order chi connectivity index (χ0) is 12.5. The molecule has 6 heteroatoms. The topological polar surface area (TPSA) is 26.3 Å². The number of rotatable bonds is 2. The summed E-state index contributed by atoms with van der Waals surface area (Å²) in [6.07, 6.45) is -4.66. The van der Waals surface area contributed by atoms with Gasteiger partial charge in [0, 0.05) is 5.56 Å². The van der Waals surface area contributed by atoms with Gasteiger partial charge in [0.15, 0.2) is 5.78 Å². The van der Waals surface area contributed by atoms with Crippen molar-refractivity contribution in [3.8, 4) is 5.75 Å². The molecule has 2 nitrogen and oxygen atoms in total. The standard InChI is InChI=1S/C10H8ClF3O2/c1-5(15)7-3-6(16-2)4-8(11)9(7)10(12,13)14/h3-4H,1-2H3. The third-order valence-electron chi connectivity index (χ3n) is 1.96. The van der Waals surface area contributed by atoms with Crippen molar-refractivity contribution in [2.75, 3.05) is 7.11 Å². The molecule has 0 aliphatic rings. The number of halogens is 4. The van der Waals surface area contributed by atoms with Crippen LogP contribution in [-0.2, 0) is 6.18 Å². The second-order valence-electron chi connectivity index (χ2n) is 3.09. The predicted octanol–water partition coefficient (Wildman–Crippen LogP) is 3.57. The van der Waals surface area contributed by atoms with Crippen molar-refractivity contribution in [2.45, 2.75) is 13.1 Å². The van der Waals surface area contributed by atoms with Crippen molar-refractivity contribution in [2.24, 2.45) is 0 Å². The Morgan fingerprint density at radius 3 is 2.31 bits per heavy atom. The second kappa shape index (κ2) is 4.33. The molecular weight excluding hydrogens is 245 g/mol. The van der Waals surface area contributed by atoms with E-state index in [1.807, 2.05) is 0 Å². The Labute approximate surface area is 95.0 Å². The van der Waals surface area contributed by atoms with Crippen molar-refractivity contribution in [3.05, 3.63) is 28.3 Å². The number of benzene rings is 1. The largest absolute Gasteiger partial charge is 0.497 e. The van der Waals surface area contributed by atoms with E-state index in [1.54, 1.807) is 0 Å². The van der Waals surface area contributed by atoms with Crippen molar-refractivity contribution in [1.82, 2.24) is 0 Å². The van der Waals surface area contributed by atoms with E-state index in [2.05, 4.69) is 0 Å². The van der Waals surface area contributed by atoms with E-state index >= 15 is 0 Å². The van der Waals surface area contributed by atoms with Crippen LogP contribution in [-0.4, -0.2) is 12.9 Å². The summed E-state index contributed by atoms with van der Waals surface area (Å²) in [4.78, 5) is 11.1. The Morgan fingerprint density at radius 1 is 1.38 bits per heavy atom. The van der Waals surface area contributed by atoms with E-state index in [9.17, 15) is 18.0 Å². The molecule has 1 rings (SSSR count). The summed E-state index contributed by atoms with van der Waals surface area (Å²) < 4.78 is 42.6. The van der Waals surface area contributed by atoms with Crippen LogP contribution in [0.1, 0.15) is 22.8 Å². The van der Waals surface area contributed by atoms with Gasteiger partial charge in [0.25, 0.3) is 0 Å². The van der Waals surface area contributed by atoms with Crippen LogP contribution in [0, 0.1) is 0 Å². The molecular formula is C10H8ClF3O2. The average molecular weight is 253 g/mol. The Kier molecular flexibility index (Phi) is 3.48. The number of methoxy groups -OCH3 is 1. The van der Waals surface area contributed by atoms with E-state index in [4.69, 9.17) is 16.3 Å². The molecule has 0 saturated heterocycles. The first kappa shape index (κ1) is 12.8. The highest BCUT2D eigenvalue weighted by Gasteiger charge is 2.37. The molecule has 0 saturated carbocycles. The third-order valence-corrected chi connectivity index (χ3v) is 2.26. The maximum atomic E-state index is 12.6. The number of Topliss-reactive ketones (excluding diaryl/α,β-unsaturated/α-hetero) is 1. The van der Waals surface area contributed by atoms with Crippen LogP contribution < -0.4 is 4.74 Å². The van der Waals surface area contributed by atoms with Gasteiger partial charge in [0.2, 0.25) is 0 Å². The van der Waals surface area contributed by atoms with Crippen LogP contribution in [0.5, 0.6) is 5.75 Å². The Bertz CT molecular complexity index is 427. The number of ketones is 1. The molecule has 0 aromatic heterocycles. The number of carbonyl (C=O) groups is 1. The average Bonchev–Trinajstić information content (AvgIpc) is 2.14. The Hall–Kier alpha value is -1.23. The molecule has 0 N–H and O–H groups in total. The number of ether oxygens (including phenoxy) is 1. The zero-order valence-electron chi connectivity index (χ0n) is 8.48. The van der Waals surface area contributed by atoms with Crippen molar-refractivity contribution in [3.63, 3.8) is 0 Å². The van der Waals surface area contributed by atoms with Gasteiger partial charge >= 0.3 is 6.18 Å². The lowest BCUT2D eigenvalue weighted by atomic mass is 10.0. The minimum atomic E-state index is -4.66. The van der Waals surface area contributed by atoms with Crippen molar-refractivity contribution >= 4 is 17.4 Å². The number of hydrogen-bond donors (Lipinski definition) is 0. The van der Waals surface area contributed by atoms with Crippen LogP contribution in [0.3, 0.4) is 0 Å². The fourth-order valence-electron chi connectivity index (χ4n) is 1.27. The molecule has 16 heavy (non-hydrogen) atoms. The highest BCUT2D eigenvalue weighted by atomic mass is 35.5. The van der Waals surface area contributed by atoms with E-state index in [1.165, 1.54) is 7.11 Å². The molecule has 1 aromatic carbocycles. The predicted molar refractivity (Wildman–Crippen MR) is 53.0 cm³/mol. The minimum absolute atomic E-state index is 0.114. The van der Waals surface area contributed by atoms with Crippen LogP contribution in [0.15, 0.2) is 12.1 Å². The number of alkyl halides is 3. The molecule has 0 spiro atoms. The van der Waals surface area contributed by atoms with E-state index in [-0.39, 0.29) is 5.75 Å². The summed E-state index contributed by atoms with van der Waals surface area (Å²) in [6.45, 7) is 1.04. The quantitative estimate of drug-likeness (QED) is 0.752. The highest BCUT2D eigenvalue weighted by Crippen LogP contribution is 2.39. The van der Waals surface area contributed by atoms with E-state index < -0.39 is 28.1 Å². The Balaban J connectivity index is 3.53. The molecule has 0 aliphatic heterocycles. The minimum Gasteiger partial charge on any atom is -0.497 e. The number of carbonyl (C=O) groups excluding carboxylic acids is 1. The molecule has 0 bridgehead atoms. The molecule has 1 aromatic rings. The molecule has 0 fully saturated rings. The second-order valence-corrected chi connectivity index (χ2v) is 3.49. The lowest BCUT2D eigenvalue weighted by molar-refractivity contribution is -0.137. The van der Waals surface area contributed by atoms with E-state index in [0.29, 0.717) is 0 Å². The normalized spacial score (nSPS) is 11.4. The number of hydrogen-bond acceptors (Lipinski definition) is 2. The zero-order valence-corrected chi connectivity index (χ0v) is 9.24. The lowest BCUT2D eigenvalue weighted by Crippen LogP contribution is -2.12. The summed E-state index contributed by atoms with van der Waals surface area (Å²) in [5, 5.41) is -0.544. The van der Waals surface area contributed by atoms with Gasteiger partial charge in [-0.1, -0.05) is 11.6 Å². The first-order valence-electron chi connectivity index (χ1n) is 4.23. The van der Waals surface area contributed by atoms with Gasteiger partial charge in [0.1, 0.15) is 5.75 Å². The van der Waals surface area contributed by atoms with Gasteiger partial charge < -0.3 is 4.74 Å².